The molecular formula is C36H50N4O3S. The molecular weight excluding hydrogens is 568 g/mol. The van der Waals surface area contributed by atoms with Crippen molar-refractivity contribution in [2.45, 2.75) is 92.4 Å². The van der Waals surface area contributed by atoms with Crippen molar-refractivity contribution >= 4 is 39.2 Å². The number of carbonyl (C=O) groups excluding carboxylic acids is 1. The van der Waals surface area contributed by atoms with E-state index >= 15 is 0 Å². The number of hydrogen-bond acceptors (Lipinski definition) is 7. The fraction of sp³-hybridized carbons (Fsp3) is 0.472. The van der Waals surface area contributed by atoms with Gasteiger partial charge in [-0.3, -0.25) is 4.90 Å². The predicted molar refractivity (Wildman–Crippen MR) is 187 cm³/mol. The molecule has 2 aromatic heterocycles. The Morgan fingerprint density at radius 2 is 1.48 bits per heavy atom. The van der Waals surface area contributed by atoms with Crippen molar-refractivity contribution in [1.82, 2.24) is 9.97 Å². The van der Waals surface area contributed by atoms with E-state index in [2.05, 4.69) is 56.1 Å². The first-order valence-corrected chi connectivity index (χ1v) is 16.2. The topological polar surface area (TPSA) is 67.8 Å². The Balaban J connectivity index is 0.00000259. The molecule has 0 bridgehead atoms. The fourth-order valence-corrected chi connectivity index (χ4v) is 5.35. The van der Waals surface area contributed by atoms with Gasteiger partial charge in [-0.2, -0.15) is 0 Å². The van der Waals surface area contributed by atoms with Gasteiger partial charge in [-0.15, -0.1) is 11.3 Å². The lowest BCUT2D eigenvalue weighted by molar-refractivity contribution is -0.0408. The second kappa shape index (κ2) is 14.1. The number of rotatable bonds is 9. The molecule has 0 saturated carbocycles. The Labute approximate surface area is 268 Å². The second-order valence-electron chi connectivity index (χ2n) is 13.1. The molecule has 0 radical (unpaired) electrons. The van der Waals surface area contributed by atoms with Crippen LogP contribution < -0.4 is 9.80 Å². The zero-order chi connectivity index (χ0) is 32.9. The van der Waals surface area contributed by atoms with Crippen LogP contribution in [0.2, 0.25) is 0 Å². The average Bonchev–Trinajstić information content (AvgIpc) is 3.40. The van der Waals surface area contributed by atoms with Crippen LogP contribution in [0.15, 0.2) is 60.8 Å². The Kier molecular flexibility index (Phi) is 11.2. The van der Waals surface area contributed by atoms with Gasteiger partial charge in [-0.1, -0.05) is 45.0 Å². The molecule has 0 N–H and O–H groups in total. The summed E-state index contributed by atoms with van der Waals surface area (Å²) in [5.41, 5.74) is 3.25. The normalized spacial score (nSPS) is 12.0. The van der Waals surface area contributed by atoms with Gasteiger partial charge in [0, 0.05) is 37.1 Å². The molecule has 7 nitrogen and oxygen atoms in total. The first-order chi connectivity index (χ1) is 20.6. The van der Waals surface area contributed by atoms with Gasteiger partial charge in [0.1, 0.15) is 16.4 Å². The molecule has 44 heavy (non-hydrogen) atoms. The molecule has 0 aliphatic heterocycles. The van der Waals surface area contributed by atoms with E-state index in [9.17, 15) is 4.79 Å². The fourth-order valence-electron chi connectivity index (χ4n) is 4.35. The Hall–Kier alpha value is -3.49. The minimum Gasteiger partial charge on any atom is -0.443 e. The maximum absolute atomic E-state index is 13.6. The van der Waals surface area contributed by atoms with E-state index in [0.29, 0.717) is 6.61 Å². The van der Waals surface area contributed by atoms with Gasteiger partial charge in [-0.05, 0) is 90.8 Å². The number of ether oxygens (including phenoxy) is 2. The summed E-state index contributed by atoms with van der Waals surface area (Å²) in [6.07, 6.45) is 2.36. The number of nitrogens with zero attached hydrogens (tertiary/aromatic N) is 4. The van der Waals surface area contributed by atoms with Crippen molar-refractivity contribution in [2.75, 3.05) is 30.5 Å². The van der Waals surface area contributed by atoms with Crippen LogP contribution in [0.5, 0.6) is 0 Å². The molecule has 4 rings (SSSR count). The summed E-state index contributed by atoms with van der Waals surface area (Å²) in [4.78, 5) is 26.7. The van der Waals surface area contributed by atoms with Gasteiger partial charge in [0.05, 0.1) is 28.0 Å². The van der Waals surface area contributed by atoms with E-state index in [4.69, 9.17) is 14.5 Å². The molecule has 2 heterocycles. The largest absolute Gasteiger partial charge is 0.443 e. The molecule has 8 heteroatoms. The highest BCUT2D eigenvalue weighted by molar-refractivity contribution is 7.21. The van der Waals surface area contributed by atoms with Gasteiger partial charge in [0.25, 0.3) is 0 Å². The number of hydrogen-bond donors (Lipinski definition) is 0. The lowest BCUT2D eigenvalue weighted by Gasteiger charge is -2.40. The lowest BCUT2D eigenvalue weighted by atomic mass is 10.0. The highest BCUT2D eigenvalue weighted by Crippen LogP contribution is 2.36. The molecule has 0 fully saturated rings. The second-order valence-corrected chi connectivity index (χ2v) is 14.1. The molecule has 0 spiro atoms. The van der Waals surface area contributed by atoms with Crippen molar-refractivity contribution in [3.8, 4) is 21.7 Å². The number of anilines is 2. The number of pyridine rings is 1. The van der Waals surface area contributed by atoms with Gasteiger partial charge in [0.2, 0.25) is 0 Å². The summed E-state index contributed by atoms with van der Waals surface area (Å²) in [5, 5.41) is 0.922. The predicted octanol–water partition coefficient (Wildman–Crippen LogP) is 9.84. The molecule has 0 aliphatic carbocycles. The van der Waals surface area contributed by atoms with Crippen LogP contribution in [0.1, 0.15) is 75.7 Å². The molecule has 0 aliphatic rings. The summed E-state index contributed by atoms with van der Waals surface area (Å²) in [6.45, 7) is 20.3. The monoisotopic (exact) mass is 618 g/mol. The zero-order valence-corrected chi connectivity index (χ0v) is 29.4. The number of thiazole rings is 1. The quantitative estimate of drug-likeness (QED) is 0.186. The van der Waals surface area contributed by atoms with E-state index in [1.54, 1.807) is 16.2 Å². The summed E-state index contributed by atoms with van der Waals surface area (Å²) in [5.74, 6) is 0.926. The SMILES string of the molecule is CC.CCC(C)(C)OCC(C)(C)N(C(=O)OC(C)(C)C)c1ccc2nc(-c3ccc(-c4ccc(N(C)C)nc4)cc3)sc2c1. The zero-order valence-electron chi connectivity index (χ0n) is 28.6. The van der Waals surface area contributed by atoms with Crippen LogP contribution in [0.4, 0.5) is 16.3 Å². The summed E-state index contributed by atoms with van der Waals surface area (Å²) >= 11 is 1.61. The molecule has 2 aromatic carbocycles. The van der Waals surface area contributed by atoms with Crippen LogP contribution in [0.3, 0.4) is 0 Å². The minimum absolute atomic E-state index is 0.296. The van der Waals surface area contributed by atoms with Crippen molar-refractivity contribution in [3.63, 3.8) is 0 Å². The number of aromatic nitrogens is 2. The Morgan fingerprint density at radius 3 is 2.02 bits per heavy atom. The Bertz CT molecular complexity index is 1520. The Morgan fingerprint density at radius 1 is 0.864 bits per heavy atom. The van der Waals surface area contributed by atoms with E-state index in [-0.39, 0.29) is 5.60 Å². The van der Waals surface area contributed by atoms with Crippen molar-refractivity contribution in [2.24, 2.45) is 0 Å². The molecule has 238 valence electrons. The third-order valence-electron chi connectivity index (χ3n) is 7.15. The smallest absolute Gasteiger partial charge is 0.415 e. The van der Waals surface area contributed by atoms with Crippen LogP contribution in [-0.4, -0.2) is 53.5 Å². The van der Waals surface area contributed by atoms with E-state index in [1.165, 1.54) is 0 Å². The maximum Gasteiger partial charge on any atom is 0.415 e. The summed E-state index contributed by atoms with van der Waals surface area (Å²) in [6, 6.07) is 18.4. The first-order valence-electron chi connectivity index (χ1n) is 15.4. The van der Waals surface area contributed by atoms with Crippen LogP contribution in [0.25, 0.3) is 31.9 Å². The molecule has 0 saturated heterocycles. The van der Waals surface area contributed by atoms with Crippen molar-refractivity contribution in [1.29, 1.82) is 0 Å². The third kappa shape index (κ3) is 8.79. The van der Waals surface area contributed by atoms with Crippen LogP contribution in [-0.2, 0) is 9.47 Å². The van der Waals surface area contributed by atoms with E-state index in [0.717, 1.165) is 49.8 Å². The first kappa shape index (κ1) is 35.0. The van der Waals surface area contributed by atoms with Gasteiger partial charge in [0.15, 0.2) is 0 Å². The van der Waals surface area contributed by atoms with Crippen molar-refractivity contribution in [3.05, 3.63) is 60.8 Å². The highest BCUT2D eigenvalue weighted by Gasteiger charge is 2.37. The summed E-state index contributed by atoms with van der Waals surface area (Å²) in [7, 11) is 3.96. The van der Waals surface area contributed by atoms with E-state index in [1.807, 2.05) is 97.9 Å². The maximum atomic E-state index is 13.6. The van der Waals surface area contributed by atoms with Gasteiger partial charge in [-0.25, -0.2) is 14.8 Å². The average molecular weight is 619 g/mol. The molecule has 4 aromatic rings. The van der Waals surface area contributed by atoms with Crippen LogP contribution in [0, 0.1) is 0 Å². The molecule has 0 unspecified atom stereocenters. The van der Waals surface area contributed by atoms with Crippen molar-refractivity contribution < 1.29 is 14.3 Å². The van der Waals surface area contributed by atoms with Gasteiger partial charge < -0.3 is 14.4 Å². The van der Waals surface area contributed by atoms with Crippen LogP contribution >= 0.6 is 11.3 Å². The highest BCUT2D eigenvalue weighted by atomic mass is 32.1. The number of fused-ring (bicyclic) bond motifs is 1. The van der Waals surface area contributed by atoms with Gasteiger partial charge >= 0.3 is 6.09 Å². The molecule has 0 atom stereocenters. The third-order valence-corrected chi connectivity index (χ3v) is 8.22. The minimum atomic E-state index is -0.661. The standard InChI is InChI=1S/C34H44N4O3S.C2H6/c1-11-34(7,8)40-22-33(5,6)38(31(39)41-32(2,3)4)26-17-18-27-28(20-26)42-30(36-27)24-14-12-23(13-15-24)25-16-19-29(35-21-25)37(9)10;1-2/h12-21H,11,22H2,1-10H3;1-2H3. The molecule has 1 amide bonds. The number of amides is 1. The number of benzene rings is 2. The lowest BCUT2D eigenvalue weighted by Crippen LogP contribution is -2.53. The number of carbonyl (C=O) groups is 1. The summed E-state index contributed by atoms with van der Waals surface area (Å²) < 4.78 is 13.1. The van der Waals surface area contributed by atoms with E-state index < -0.39 is 17.2 Å².